The van der Waals surface area contributed by atoms with Gasteiger partial charge < -0.3 is 42.0 Å². The predicted octanol–water partition coefficient (Wildman–Crippen LogP) is 1.15. The van der Waals surface area contributed by atoms with Crippen molar-refractivity contribution in [3.8, 4) is 5.75 Å². The number of aliphatic hydroxyl groups is 1. The van der Waals surface area contributed by atoms with E-state index in [9.17, 15) is 34.5 Å². The maximum absolute atomic E-state index is 13.8. The minimum atomic E-state index is -1.31. The van der Waals surface area contributed by atoms with Gasteiger partial charge in [0.15, 0.2) is 0 Å². The lowest BCUT2D eigenvalue weighted by molar-refractivity contribution is -0.142. The number of aliphatic carboxylic acids is 1. The molecule has 12 heteroatoms. The molecule has 4 rings (SSSR count). The molecule has 12 nitrogen and oxygen atoms in total. The number of phenolic OH excluding ortho intramolecular Hbond substituents is 1. The molecule has 0 aliphatic heterocycles. The number of carboxylic acids is 1. The highest BCUT2D eigenvalue weighted by Crippen LogP contribution is 2.20. The summed E-state index contributed by atoms with van der Waals surface area (Å²) in [6.07, 6.45) is 0.516. The van der Waals surface area contributed by atoms with Crippen molar-refractivity contribution in [3.05, 3.63) is 102 Å². The van der Waals surface area contributed by atoms with Crippen molar-refractivity contribution in [1.82, 2.24) is 20.9 Å². The second-order valence-electron chi connectivity index (χ2n) is 10.9. The number of aromatic hydroxyl groups is 1. The number of phenols is 1. The lowest BCUT2D eigenvalue weighted by Crippen LogP contribution is -2.59. The first-order chi connectivity index (χ1) is 21.5. The number of H-pyrrole nitrogens is 1. The topological polar surface area (TPSA) is 207 Å². The fourth-order valence-corrected chi connectivity index (χ4v) is 4.89. The number of hydrogen-bond donors (Lipinski definition) is 8. The highest BCUT2D eigenvalue weighted by molar-refractivity contribution is 5.95. The van der Waals surface area contributed by atoms with Crippen LogP contribution < -0.4 is 21.7 Å². The van der Waals surface area contributed by atoms with E-state index in [0.717, 1.165) is 10.9 Å². The molecule has 0 aliphatic carbocycles. The Balaban J connectivity index is 1.61. The molecule has 9 N–H and O–H groups in total. The van der Waals surface area contributed by atoms with Gasteiger partial charge in [0.25, 0.3) is 0 Å². The highest BCUT2D eigenvalue weighted by atomic mass is 16.4. The van der Waals surface area contributed by atoms with Gasteiger partial charge in [-0.3, -0.25) is 14.4 Å². The molecule has 0 saturated heterocycles. The summed E-state index contributed by atoms with van der Waals surface area (Å²) in [6.45, 7) is 1.35. The average Bonchev–Trinajstić information content (AvgIpc) is 3.43. The lowest BCUT2D eigenvalue weighted by Gasteiger charge is -2.26. The van der Waals surface area contributed by atoms with Crippen LogP contribution in [-0.4, -0.2) is 74.3 Å². The van der Waals surface area contributed by atoms with Gasteiger partial charge in [-0.05, 0) is 41.8 Å². The van der Waals surface area contributed by atoms with E-state index in [-0.39, 0.29) is 25.0 Å². The van der Waals surface area contributed by atoms with Crippen LogP contribution in [0, 0.1) is 0 Å². The van der Waals surface area contributed by atoms with Crippen molar-refractivity contribution in [1.29, 1.82) is 0 Å². The third kappa shape index (κ3) is 8.91. The quantitative estimate of drug-likeness (QED) is 0.103. The van der Waals surface area contributed by atoms with Gasteiger partial charge in [-0.15, -0.1) is 0 Å². The number of aromatic nitrogens is 1. The number of benzene rings is 3. The minimum absolute atomic E-state index is 0.00791. The number of carboxylic acid groups (broad SMARTS) is 1. The maximum atomic E-state index is 13.8. The number of fused-ring (bicyclic) bond motifs is 1. The van der Waals surface area contributed by atoms with Crippen molar-refractivity contribution < 1.29 is 34.5 Å². The van der Waals surface area contributed by atoms with Crippen LogP contribution in [0.2, 0.25) is 0 Å². The fraction of sp³-hybridized carbons (Fsp3) is 0.273. The smallest absolute Gasteiger partial charge is 0.326 e. The van der Waals surface area contributed by atoms with Crippen molar-refractivity contribution in [2.45, 2.75) is 56.5 Å². The first-order valence-electron chi connectivity index (χ1n) is 14.5. The third-order valence-corrected chi connectivity index (χ3v) is 7.46. The molecule has 0 saturated carbocycles. The maximum Gasteiger partial charge on any atom is 0.326 e. The van der Waals surface area contributed by atoms with Crippen molar-refractivity contribution >= 4 is 34.6 Å². The van der Waals surface area contributed by atoms with Crippen LogP contribution in [0.15, 0.2) is 85.1 Å². The highest BCUT2D eigenvalue weighted by Gasteiger charge is 2.32. The molecule has 0 bridgehead atoms. The van der Waals surface area contributed by atoms with Gasteiger partial charge in [-0.1, -0.05) is 60.7 Å². The molecule has 0 fully saturated rings. The zero-order chi connectivity index (χ0) is 32.5. The van der Waals surface area contributed by atoms with Crippen LogP contribution in [0.5, 0.6) is 5.75 Å². The number of nitrogens with one attached hydrogen (secondary N) is 4. The number of para-hydroxylation sites is 1. The molecular weight excluding hydrogens is 578 g/mol. The Kier molecular flexibility index (Phi) is 10.9. The number of hydrogen-bond acceptors (Lipinski definition) is 7. The average molecular weight is 616 g/mol. The zero-order valence-electron chi connectivity index (χ0n) is 24.6. The number of aromatic amines is 1. The summed E-state index contributed by atoms with van der Waals surface area (Å²) in [7, 11) is 0. The number of carbonyl (C=O) groups is 4. The number of nitrogens with two attached hydrogens (primary N) is 1. The molecule has 0 spiro atoms. The standard InChI is InChI=1S/C33H37N5O7/c1-19(39)29(34)32(43)37-27(17-22-18-35-25-10-6-5-9-24(22)25)31(42)36-26(15-21-11-13-23(40)14-12-21)30(41)38-28(33(44)45)16-20-7-3-2-4-8-20/h2-14,18-19,26-29,35,39-40H,15-17,34H2,1H3,(H,36,42)(H,37,43)(H,38,41)(H,44,45). The van der Waals surface area contributed by atoms with E-state index in [4.69, 9.17) is 5.73 Å². The van der Waals surface area contributed by atoms with Gasteiger partial charge in [-0.25, -0.2) is 4.79 Å². The molecule has 1 aromatic heterocycles. The summed E-state index contributed by atoms with van der Waals surface area (Å²) in [4.78, 5) is 55.5. The summed E-state index contributed by atoms with van der Waals surface area (Å²) in [6, 6.07) is 17.2. The Bertz CT molecular complexity index is 1620. The van der Waals surface area contributed by atoms with Gasteiger partial charge in [0, 0.05) is 36.4 Å². The van der Waals surface area contributed by atoms with E-state index in [1.165, 1.54) is 19.1 Å². The van der Waals surface area contributed by atoms with Crippen molar-refractivity contribution in [2.24, 2.45) is 5.73 Å². The van der Waals surface area contributed by atoms with Gasteiger partial charge in [-0.2, -0.15) is 0 Å². The Morgan fingerprint density at radius 1 is 0.733 bits per heavy atom. The summed E-state index contributed by atoms with van der Waals surface area (Å²) in [5.74, 6) is -3.48. The second kappa shape index (κ2) is 15.0. The van der Waals surface area contributed by atoms with E-state index >= 15 is 0 Å². The SMILES string of the molecule is CC(O)C(N)C(=O)NC(Cc1c[nH]c2ccccc12)C(=O)NC(Cc1ccc(O)cc1)C(=O)NC(Cc1ccccc1)C(=O)O. The molecule has 5 unspecified atom stereocenters. The molecule has 236 valence electrons. The second-order valence-corrected chi connectivity index (χ2v) is 10.9. The summed E-state index contributed by atoms with van der Waals surface area (Å²) in [5, 5.41) is 38.1. The van der Waals surface area contributed by atoms with Crippen LogP contribution in [-0.2, 0) is 38.4 Å². The molecule has 45 heavy (non-hydrogen) atoms. The van der Waals surface area contributed by atoms with Crippen molar-refractivity contribution in [2.75, 3.05) is 0 Å². The molecule has 0 aliphatic rings. The van der Waals surface area contributed by atoms with E-state index < -0.39 is 54.0 Å². The third-order valence-electron chi connectivity index (χ3n) is 7.46. The summed E-state index contributed by atoms with van der Waals surface area (Å²) in [5.41, 5.74) is 8.65. The van der Waals surface area contributed by atoms with E-state index in [1.54, 1.807) is 48.7 Å². The van der Waals surface area contributed by atoms with Gasteiger partial charge >= 0.3 is 5.97 Å². The lowest BCUT2D eigenvalue weighted by atomic mass is 10.0. The summed E-state index contributed by atoms with van der Waals surface area (Å²) < 4.78 is 0. The normalized spacial score (nSPS) is 14.5. The van der Waals surface area contributed by atoms with Crippen LogP contribution in [0.1, 0.15) is 23.6 Å². The molecule has 5 atom stereocenters. The molecular formula is C33H37N5O7. The van der Waals surface area contributed by atoms with Crippen LogP contribution in [0.25, 0.3) is 10.9 Å². The molecule has 1 heterocycles. The largest absolute Gasteiger partial charge is 0.508 e. The van der Waals surface area contributed by atoms with Crippen LogP contribution in [0.4, 0.5) is 0 Å². The number of aliphatic hydroxyl groups excluding tert-OH is 1. The van der Waals surface area contributed by atoms with Gasteiger partial charge in [0.05, 0.1) is 6.10 Å². The zero-order valence-corrected chi connectivity index (χ0v) is 24.6. The van der Waals surface area contributed by atoms with E-state index in [1.807, 2.05) is 24.3 Å². The van der Waals surface area contributed by atoms with Crippen molar-refractivity contribution in [3.63, 3.8) is 0 Å². The molecule has 4 aromatic rings. The number of amides is 3. The molecule has 3 aromatic carbocycles. The Hall–Kier alpha value is -5.20. The van der Waals surface area contributed by atoms with E-state index in [2.05, 4.69) is 20.9 Å². The summed E-state index contributed by atoms with van der Waals surface area (Å²) >= 11 is 0. The van der Waals surface area contributed by atoms with Gasteiger partial charge in [0.1, 0.15) is 29.9 Å². The molecule has 3 amide bonds. The van der Waals surface area contributed by atoms with Gasteiger partial charge in [0.2, 0.25) is 17.7 Å². The minimum Gasteiger partial charge on any atom is -0.508 e. The number of carbonyl (C=O) groups excluding carboxylic acids is 3. The Labute approximate surface area is 259 Å². The predicted molar refractivity (Wildman–Crippen MR) is 167 cm³/mol. The van der Waals surface area contributed by atoms with Crippen LogP contribution >= 0.6 is 0 Å². The Morgan fingerprint density at radius 3 is 1.91 bits per heavy atom. The monoisotopic (exact) mass is 615 g/mol. The first kappa shape index (κ1) is 32.7. The molecule has 0 radical (unpaired) electrons. The van der Waals surface area contributed by atoms with Crippen LogP contribution in [0.3, 0.4) is 0 Å². The Morgan fingerprint density at radius 2 is 1.27 bits per heavy atom. The first-order valence-corrected chi connectivity index (χ1v) is 14.5. The van der Waals surface area contributed by atoms with E-state index in [0.29, 0.717) is 16.7 Å². The fourth-order valence-electron chi connectivity index (χ4n) is 4.89. The number of rotatable bonds is 14.